The van der Waals surface area contributed by atoms with E-state index in [-0.39, 0.29) is 6.04 Å². The van der Waals surface area contributed by atoms with E-state index in [1.165, 1.54) is 0 Å². The molecule has 23 heavy (non-hydrogen) atoms. The summed E-state index contributed by atoms with van der Waals surface area (Å²) in [5.41, 5.74) is 3.92. The van der Waals surface area contributed by atoms with Gasteiger partial charge in [-0.1, -0.05) is 30.3 Å². The molecular formula is C18H22N4O. The second-order valence-corrected chi connectivity index (χ2v) is 5.74. The molecule has 0 spiro atoms. The number of nitrogens with zero attached hydrogens (tertiary/aromatic N) is 4. The van der Waals surface area contributed by atoms with E-state index in [1.54, 1.807) is 7.05 Å². The number of hydrogen-bond acceptors (Lipinski definition) is 5. The van der Waals surface area contributed by atoms with Crippen LogP contribution in [0.5, 0.6) is 0 Å². The molecule has 1 fully saturated rings. The van der Waals surface area contributed by atoms with Crippen LogP contribution in [0.25, 0.3) is 11.3 Å². The van der Waals surface area contributed by atoms with E-state index in [0.29, 0.717) is 13.2 Å². The largest absolute Gasteiger partial charge is 0.377 e. The van der Waals surface area contributed by atoms with Gasteiger partial charge in [-0.05, 0) is 13.8 Å². The van der Waals surface area contributed by atoms with Crippen molar-refractivity contribution in [3.63, 3.8) is 0 Å². The maximum atomic E-state index is 5.52. The van der Waals surface area contributed by atoms with Crippen LogP contribution in [0.3, 0.4) is 0 Å². The minimum absolute atomic E-state index is 0.275. The number of anilines is 1. The van der Waals surface area contributed by atoms with E-state index in [9.17, 15) is 0 Å². The van der Waals surface area contributed by atoms with Crippen molar-refractivity contribution >= 4 is 12.2 Å². The van der Waals surface area contributed by atoms with Crippen molar-refractivity contribution in [2.75, 3.05) is 31.7 Å². The third-order valence-corrected chi connectivity index (χ3v) is 4.05. The molecule has 2 heterocycles. The van der Waals surface area contributed by atoms with Crippen LogP contribution >= 0.6 is 0 Å². The Labute approximate surface area is 137 Å². The molecular weight excluding hydrogens is 288 g/mol. The highest BCUT2D eigenvalue weighted by Gasteiger charge is 2.23. The number of ether oxygens (including phenoxy) is 1. The van der Waals surface area contributed by atoms with Crippen LogP contribution in [-0.2, 0) is 4.74 Å². The van der Waals surface area contributed by atoms with Gasteiger partial charge >= 0.3 is 0 Å². The number of aliphatic imine (C=N–C) groups is 1. The van der Waals surface area contributed by atoms with E-state index >= 15 is 0 Å². The maximum absolute atomic E-state index is 5.52. The summed E-state index contributed by atoms with van der Waals surface area (Å²) >= 11 is 0. The van der Waals surface area contributed by atoms with Gasteiger partial charge in [0, 0.05) is 30.9 Å². The number of aryl methyl sites for hydroxylation is 1. The molecule has 0 aliphatic carbocycles. The van der Waals surface area contributed by atoms with Crippen LogP contribution in [0.4, 0.5) is 5.95 Å². The Bertz CT molecular complexity index is 700. The minimum atomic E-state index is 0.275. The summed E-state index contributed by atoms with van der Waals surface area (Å²) in [6, 6.07) is 10.5. The molecule has 1 aromatic carbocycles. The monoisotopic (exact) mass is 310 g/mol. The molecule has 1 unspecified atom stereocenters. The van der Waals surface area contributed by atoms with Crippen LogP contribution < -0.4 is 4.90 Å². The smallest absolute Gasteiger partial charge is 0.226 e. The molecule has 5 heteroatoms. The van der Waals surface area contributed by atoms with Crippen molar-refractivity contribution < 1.29 is 4.74 Å². The summed E-state index contributed by atoms with van der Waals surface area (Å²) in [6.45, 7) is 6.39. The van der Waals surface area contributed by atoms with Crippen molar-refractivity contribution in [1.29, 1.82) is 0 Å². The molecule has 0 radical (unpaired) electrons. The van der Waals surface area contributed by atoms with E-state index < -0.39 is 0 Å². The Morgan fingerprint density at radius 2 is 2.04 bits per heavy atom. The first-order valence-corrected chi connectivity index (χ1v) is 7.91. The van der Waals surface area contributed by atoms with Gasteiger partial charge in [0.25, 0.3) is 0 Å². The lowest BCUT2D eigenvalue weighted by molar-refractivity contribution is 0.0981. The molecule has 120 valence electrons. The van der Waals surface area contributed by atoms with E-state index in [4.69, 9.17) is 14.7 Å². The highest BCUT2D eigenvalue weighted by molar-refractivity contribution is 5.90. The maximum Gasteiger partial charge on any atom is 0.226 e. The quantitative estimate of drug-likeness (QED) is 0.818. The first-order chi connectivity index (χ1) is 11.2. The van der Waals surface area contributed by atoms with Gasteiger partial charge in [-0.2, -0.15) is 0 Å². The molecule has 1 atom stereocenters. The standard InChI is InChI=1S/C18H22N4O/c1-13-12-23-10-9-22(13)18-20-14(2)16(11-19-3)17(21-18)15-7-5-4-6-8-15/h4-8,11,13H,9-10,12H2,1-3H3. The summed E-state index contributed by atoms with van der Waals surface area (Å²) in [5, 5.41) is 0. The highest BCUT2D eigenvalue weighted by atomic mass is 16.5. The fraction of sp³-hybridized carbons (Fsp3) is 0.389. The first-order valence-electron chi connectivity index (χ1n) is 7.91. The van der Waals surface area contributed by atoms with Crippen LogP contribution in [0, 0.1) is 6.92 Å². The fourth-order valence-electron chi connectivity index (χ4n) is 2.82. The van der Waals surface area contributed by atoms with E-state index in [0.717, 1.165) is 35.0 Å². The number of benzene rings is 1. The van der Waals surface area contributed by atoms with Crippen molar-refractivity contribution in [2.45, 2.75) is 19.9 Å². The normalized spacial score (nSPS) is 18.6. The molecule has 0 N–H and O–H groups in total. The summed E-state index contributed by atoms with van der Waals surface area (Å²) in [6.07, 6.45) is 1.84. The fourth-order valence-corrected chi connectivity index (χ4v) is 2.82. The molecule has 1 saturated heterocycles. The minimum Gasteiger partial charge on any atom is -0.377 e. The summed E-state index contributed by atoms with van der Waals surface area (Å²) in [5.74, 6) is 0.769. The average molecular weight is 310 g/mol. The third-order valence-electron chi connectivity index (χ3n) is 4.05. The summed E-state index contributed by atoms with van der Waals surface area (Å²) in [7, 11) is 1.77. The van der Waals surface area contributed by atoms with Gasteiger partial charge in [0.2, 0.25) is 5.95 Å². The zero-order valence-corrected chi connectivity index (χ0v) is 13.9. The molecule has 3 rings (SSSR count). The second kappa shape index (κ2) is 6.87. The molecule has 1 aliphatic heterocycles. The Hall–Kier alpha value is -2.27. The lowest BCUT2D eigenvalue weighted by Gasteiger charge is -2.33. The third kappa shape index (κ3) is 3.24. The van der Waals surface area contributed by atoms with Crippen molar-refractivity contribution in [3.05, 3.63) is 41.6 Å². The van der Waals surface area contributed by atoms with Gasteiger partial charge in [0.15, 0.2) is 0 Å². The summed E-state index contributed by atoms with van der Waals surface area (Å²) in [4.78, 5) is 16.0. The van der Waals surface area contributed by atoms with Crippen molar-refractivity contribution in [1.82, 2.24) is 9.97 Å². The van der Waals surface area contributed by atoms with Crippen LogP contribution in [0.1, 0.15) is 18.2 Å². The topological polar surface area (TPSA) is 50.6 Å². The Balaban J connectivity index is 2.12. The van der Waals surface area contributed by atoms with Crippen molar-refractivity contribution in [2.24, 2.45) is 4.99 Å². The molecule has 0 amide bonds. The Kier molecular flexibility index (Phi) is 4.67. The molecule has 0 bridgehead atoms. The molecule has 5 nitrogen and oxygen atoms in total. The van der Waals surface area contributed by atoms with Crippen LogP contribution in [0.15, 0.2) is 35.3 Å². The van der Waals surface area contributed by atoms with Crippen LogP contribution in [0.2, 0.25) is 0 Å². The van der Waals surface area contributed by atoms with Crippen molar-refractivity contribution in [3.8, 4) is 11.3 Å². The van der Waals surface area contributed by atoms with E-state index in [1.807, 2.05) is 31.3 Å². The lowest BCUT2D eigenvalue weighted by atomic mass is 10.1. The predicted octanol–water partition coefficient (Wildman–Crippen LogP) is 2.73. The SMILES string of the molecule is CN=Cc1c(C)nc(N2CCOCC2C)nc1-c1ccccc1. The number of aromatic nitrogens is 2. The van der Waals surface area contributed by atoms with Gasteiger partial charge < -0.3 is 9.64 Å². The first kappa shape index (κ1) is 15.6. The Morgan fingerprint density at radius 3 is 2.74 bits per heavy atom. The van der Waals surface area contributed by atoms with Crippen LogP contribution in [-0.4, -0.2) is 49.0 Å². The van der Waals surface area contributed by atoms with E-state index in [2.05, 4.69) is 28.9 Å². The zero-order valence-electron chi connectivity index (χ0n) is 13.9. The lowest BCUT2D eigenvalue weighted by Crippen LogP contribution is -2.44. The predicted molar refractivity (Wildman–Crippen MR) is 93.4 cm³/mol. The molecule has 1 aromatic heterocycles. The average Bonchev–Trinajstić information content (AvgIpc) is 2.58. The van der Waals surface area contributed by atoms with Gasteiger partial charge in [-0.3, -0.25) is 4.99 Å². The number of morpholine rings is 1. The molecule has 0 saturated carbocycles. The molecule has 1 aliphatic rings. The Morgan fingerprint density at radius 1 is 1.26 bits per heavy atom. The number of rotatable bonds is 3. The van der Waals surface area contributed by atoms with Gasteiger partial charge in [-0.25, -0.2) is 9.97 Å². The second-order valence-electron chi connectivity index (χ2n) is 5.74. The highest BCUT2D eigenvalue weighted by Crippen LogP contribution is 2.26. The summed E-state index contributed by atoms with van der Waals surface area (Å²) < 4.78 is 5.52. The molecule has 2 aromatic rings. The zero-order chi connectivity index (χ0) is 16.2. The van der Waals surface area contributed by atoms with Gasteiger partial charge in [-0.15, -0.1) is 0 Å². The van der Waals surface area contributed by atoms with Gasteiger partial charge in [0.1, 0.15) is 0 Å². The number of hydrogen-bond donors (Lipinski definition) is 0. The van der Waals surface area contributed by atoms with Gasteiger partial charge in [0.05, 0.1) is 30.6 Å².